The number of pyridine rings is 1. The number of methoxy groups -OCH3 is 1. The molecular weight excluding hydrogens is 366 g/mol. The third kappa shape index (κ3) is 4.98. The summed E-state index contributed by atoms with van der Waals surface area (Å²) in [6, 6.07) is 9.93. The van der Waals surface area contributed by atoms with Crippen LogP contribution in [0.2, 0.25) is 5.02 Å². The van der Waals surface area contributed by atoms with E-state index in [1.807, 2.05) is 0 Å². The van der Waals surface area contributed by atoms with Crippen LogP contribution in [0.4, 0.5) is 5.69 Å². The summed E-state index contributed by atoms with van der Waals surface area (Å²) in [5, 5.41) is 6.20. The molecule has 1 heterocycles. The molecule has 0 aliphatic heterocycles. The van der Waals surface area contributed by atoms with E-state index in [4.69, 9.17) is 16.3 Å². The number of rotatable bonds is 5. The van der Waals surface area contributed by atoms with Crippen molar-refractivity contribution >= 4 is 29.1 Å². The molecule has 1 fully saturated rings. The van der Waals surface area contributed by atoms with Gasteiger partial charge in [0.15, 0.2) is 0 Å². The van der Waals surface area contributed by atoms with Gasteiger partial charge in [0.1, 0.15) is 17.1 Å². The van der Waals surface area contributed by atoms with Crippen molar-refractivity contribution in [1.29, 1.82) is 0 Å². The average Bonchev–Trinajstić information content (AvgIpc) is 2.69. The molecular formula is C20H22ClN3O3. The first kappa shape index (κ1) is 19.2. The van der Waals surface area contributed by atoms with Gasteiger partial charge in [-0.3, -0.25) is 9.59 Å². The first-order valence-electron chi connectivity index (χ1n) is 8.99. The number of halogens is 1. The summed E-state index contributed by atoms with van der Waals surface area (Å²) in [6.07, 6.45) is 5.44. The molecule has 1 aliphatic rings. The largest absolute Gasteiger partial charge is 0.495 e. The van der Waals surface area contributed by atoms with Crippen LogP contribution in [0.5, 0.6) is 5.75 Å². The molecule has 7 heteroatoms. The van der Waals surface area contributed by atoms with Crippen LogP contribution >= 0.6 is 11.6 Å². The van der Waals surface area contributed by atoms with Gasteiger partial charge in [-0.2, -0.15) is 0 Å². The molecule has 27 heavy (non-hydrogen) atoms. The Balaban J connectivity index is 1.72. The lowest BCUT2D eigenvalue weighted by atomic mass is 9.95. The zero-order valence-corrected chi connectivity index (χ0v) is 15.9. The monoisotopic (exact) mass is 387 g/mol. The van der Waals surface area contributed by atoms with Gasteiger partial charge in [0, 0.05) is 11.1 Å². The summed E-state index contributed by atoms with van der Waals surface area (Å²) in [5.41, 5.74) is 0.813. The molecule has 0 bridgehead atoms. The van der Waals surface area contributed by atoms with Gasteiger partial charge in [-0.15, -0.1) is 0 Å². The molecule has 1 aromatic heterocycles. The van der Waals surface area contributed by atoms with Crippen molar-refractivity contribution in [2.24, 2.45) is 0 Å². The summed E-state index contributed by atoms with van der Waals surface area (Å²) in [5.74, 6) is -0.210. The highest BCUT2D eigenvalue weighted by Crippen LogP contribution is 2.28. The molecule has 2 amide bonds. The van der Waals surface area contributed by atoms with Gasteiger partial charge in [-0.1, -0.05) is 36.9 Å². The standard InChI is InChI=1S/C20H22ClN3O3/c1-27-18-11-10-13(21)12-17(18)24-20(26)16-9-5-8-15(23-16)19(25)22-14-6-3-2-4-7-14/h5,8-12,14H,2-4,6-7H2,1H3,(H,22,25)(H,24,26). The second kappa shape index (κ2) is 8.86. The van der Waals surface area contributed by atoms with E-state index in [0.29, 0.717) is 16.5 Å². The van der Waals surface area contributed by atoms with E-state index in [0.717, 1.165) is 25.7 Å². The molecule has 3 rings (SSSR count). The summed E-state index contributed by atoms with van der Waals surface area (Å²) in [4.78, 5) is 29.2. The topological polar surface area (TPSA) is 80.3 Å². The van der Waals surface area contributed by atoms with Gasteiger partial charge in [0.2, 0.25) is 0 Å². The van der Waals surface area contributed by atoms with Crippen molar-refractivity contribution < 1.29 is 14.3 Å². The Labute approximate surface area is 163 Å². The second-order valence-electron chi connectivity index (χ2n) is 6.52. The molecule has 1 aliphatic carbocycles. The van der Waals surface area contributed by atoms with Crippen LogP contribution in [0, 0.1) is 0 Å². The Hall–Kier alpha value is -2.60. The molecule has 0 saturated heterocycles. The van der Waals surface area contributed by atoms with Gasteiger partial charge in [-0.05, 0) is 43.2 Å². The molecule has 0 radical (unpaired) electrons. The number of hydrogen-bond donors (Lipinski definition) is 2. The lowest BCUT2D eigenvalue weighted by Gasteiger charge is -2.22. The maximum Gasteiger partial charge on any atom is 0.274 e. The maximum atomic E-state index is 12.6. The van der Waals surface area contributed by atoms with E-state index in [-0.39, 0.29) is 23.3 Å². The minimum absolute atomic E-state index is 0.147. The van der Waals surface area contributed by atoms with Gasteiger partial charge in [-0.25, -0.2) is 4.98 Å². The SMILES string of the molecule is COc1ccc(Cl)cc1NC(=O)c1cccc(C(=O)NC2CCCCC2)n1. The van der Waals surface area contributed by atoms with Crippen LogP contribution in [0.15, 0.2) is 36.4 Å². The van der Waals surface area contributed by atoms with E-state index < -0.39 is 5.91 Å². The van der Waals surface area contributed by atoms with E-state index in [2.05, 4.69) is 15.6 Å². The smallest absolute Gasteiger partial charge is 0.274 e. The summed E-state index contributed by atoms with van der Waals surface area (Å²) in [7, 11) is 1.51. The number of benzene rings is 1. The minimum atomic E-state index is -0.442. The number of amides is 2. The number of aromatic nitrogens is 1. The van der Waals surface area contributed by atoms with Crippen LogP contribution in [0.1, 0.15) is 53.1 Å². The maximum absolute atomic E-state index is 12.6. The quantitative estimate of drug-likeness (QED) is 0.810. The van der Waals surface area contributed by atoms with Crippen LogP contribution < -0.4 is 15.4 Å². The Kier molecular flexibility index (Phi) is 6.29. The minimum Gasteiger partial charge on any atom is -0.495 e. The van der Waals surface area contributed by atoms with Crippen molar-refractivity contribution in [2.45, 2.75) is 38.1 Å². The van der Waals surface area contributed by atoms with Crippen LogP contribution in [0.3, 0.4) is 0 Å². The summed E-state index contributed by atoms with van der Waals surface area (Å²) >= 11 is 5.99. The fourth-order valence-corrected chi connectivity index (χ4v) is 3.33. The number of nitrogens with one attached hydrogen (secondary N) is 2. The Bertz CT molecular complexity index is 835. The summed E-state index contributed by atoms with van der Waals surface area (Å²) < 4.78 is 5.23. The zero-order chi connectivity index (χ0) is 19.2. The van der Waals surface area contributed by atoms with Crippen LogP contribution in [-0.2, 0) is 0 Å². The lowest BCUT2D eigenvalue weighted by molar-refractivity contribution is 0.0922. The van der Waals surface area contributed by atoms with Crippen LogP contribution in [-0.4, -0.2) is 29.9 Å². The second-order valence-corrected chi connectivity index (χ2v) is 6.95. The van der Waals surface area contributed by atoms with Crippen molar-refractivity contribution in [3.05, 3.63) is 52.8 Å². The highest BCUT2D eigenvalue weighted by Gasteiger charge is 2.19. The fraction of sp³-hybridized carbons (Fsp3) is 0.350. The van der Waals surface area contributed by atoms with Crippen molar-refractivity contribution in [3.63, 3.8) is 0 Å². The number of anilines is 1. The van der Waals surface area contributed by atoms with Crippen LogP contribution in [0.25, 0.3) is 0 Å². The molecule has 0 atom stereocenters. The van der Waals surface area contributed by atoms with E-state index in [1.165, 1.54) is 13.5 Å². The highest BCUT2D eigenvalue weighted by atomic mass is 35.5. The molecule has 1 aromatic carbocycles. The Morgan fingerprint density at radius 1 is 1.07 bits per heavy atom. The molecule has 0 unspecified atom stereocenters. The number of carbonyl (C=O) groups excluding carboxylic acids is 2. The van der Waals surface area contributed by atoms with Crippen molar-refractivity contribution in [1.82, 2.24) is 10.3 Å². The number of ether oxygens (including phenoxy) is 1. The van der Waals surface area contributed by atoms with E-state index in [9.17, 15) is 9.59 Å². The Morgan fingerprint density at radius 2 is 1.78 bits per heavy atom. The fourth-order valence-electron chi connectivity index (χ4n) is 3.16. The van der Waals surface area contributed by atoms with Gasteiger partial charge < -0.3 is 15.4 Å². The molecule has 142 valence electrons. The predicted molar refractivity (Wildman–Crippen MR) is 105 cm³/mol. The summed E-state index contributed by atoms with van der Waals surface area (Å²) in [6.45, 7) is 0. The molecule has 1 saturated carbocycles. The normalized spacial score (nSPS) is 14.4. The first-order chi connectivity index (χ1) is 13.1. The molecule has 0 spiro atoms. The number of carbonyl (C=O) groups is 2. The molecule has 6 nitrogen and oxygen atoms in total. The average molecular weight is 388 g/mol. The van der Waals surface area contributed by atoms with Crippen molar-refractivity contribution in [2.75, 3.05) is 12.4 Å². The van der Waals surface area contributed by atoms with E-state index >= 15 is 0 Å². The third-order valence-corrected chi connectivity index (χ3v) is 4.80. The van der Waals surface area contributed by atoms with Gasteiger partial charge in [0.05, 0.1) is 12.8 Å². The van der Waals surface area contributed by atoms with Crippen molar-refractivity contribution in [3.8, 4) is 5.75 Å². The number of nitrogens with zero attached hydrogens (tertiary/aromatic N) is 1. The Morgan fingerprint density at radius 3 is 2.48 bits per heavy atom. The molecule has 2 aromatic rings. The third-order valence-electron chi connectivity index (χ3n) is 4.56. The molecule has 2 N–H and O–H groups in total. The lowest BCUT2D eigenvalue weighted by Crippen LogP contribution is -2.36. The number of hydrogen-bond acceptors (Lipinski definition) is 4. The van der Waals surface area contributed by atoms with Gasteiger partial charge in [0.25, 0.3) is 11.8 Å². The van der Waals surface area contributed by atoms with Gasteiger partial charge >= 0.3 is 0 Å². The zero-order valence-electron chi connectivity index (χ0n) is 15.1. The highest BCUT2D eigenvalue weighted by molar-refractivity contribution is 6.31. The first-order valence-corrected chi connectivity index (χ1v) is 9.37. The predicted octanol–water partition coefficient (Wildman–Crippen LogP) is 4.06. The van der Waals surface area contributed by atoms with E-state index in [1.54, 1.807) is 36.4 Å².